The van der Waals surface area contributed by atoms with Crippen molar-refractivity contribution in [1.29, 1.82) is 0 Å². The van der Waals surface area contributed by atoms with Gasteiger partial charge >= 0.3 is 0 Å². The van der Waals surface area contributed by atoms with Crippen LogP contribution in [0.3, 0.4) is 0 Å². The normalized spacial score (nSPS) is 18.5. The van der Waals surface area contributed by atoms with Crippen LogP contribution in [0.5, 0.6) is 0 Å². The minimum Gasteiger partial charge on any atom is -0.328 e. The van der Waals surface area contributed by atoms with Crippen LogP contribution in [0, 0.1) is 0 Å². The molecule has 0 aliphatic carbocycles. The number of hydrogen-bond acceptors (Lipinski definition) is 3. The van der Waals surface area contributed by atoms with Crippen molar-refractivity contribution in [3.05, 3.63) is 77.3 Å². The SMILES string of the molecule is CSC1=CC(=O)C[C@@H](c2ccccc2)N1c1ccccc1. The third kappa shape index (κ3) is 2.88. The Kier molecular flexibility index (Phi) is 4.11. The van der Waals surface area contributed by atoms with Crippen LogP contribution in [0.25, 0.3) is 0 Å². The Labute approximate surface area is 129 Å². The average Bonchev–Trinajstić information content (AvgIpc) is 2.55. The standard InChI is InChI=1S/C18H17NOS/c1-21-18-13-16(20)12-17(14-8-4-2-5-9-14)19(18)15-10-6-3-7-11-15/h2-11,13,17H,12H2,1H3/t17-/m0/s1. The topological polar surface area (TPSA) is 20.3 Å². The van der Waals surface area contributed by atoms with Gasteiger partial charge in [-0.25, -0.2) is 0 Å². The summed E-state index contributed by atoms with van der Waals surface area (Å²) in [5, 5.41) is 1.01. The lowest BCUT2D eigenvalue weighted by Crippen LogP contribution is -2.32. The number of benzene rings is 2. The smallest absolute Gasteiger partial charge is 0.160 e. The summed E-state index contributed by atoms with van der Waals surface area (Å²) >= 11 is 1.62. The molecule has 0 aromatic heterocycles. The maximum absolute atomic E-state index is 12.1. The fourth-order valence-electron chi connectivity index (χ4n) is 2.70. The van der Waals surface area contributed by atoms with Crippen molar-refractivity contribution in [3.8, 4) is 0 Å². The molecular formula is C18H17NOS. The molecule has 0 fully saturated rings. The Hall–Kier alpha value is -2.00. The molecule has 0 bridgehead atoms. The molecule has 3 heteroatoms. The highest BCUT2D eigenvalue weighted by atomic mass is 32.2. The molecule has 0 unspecified atom stereocenters. The van der Waals surface area contributed by atoms with Gasteiger partial charge in [0.25, 0.3) is 0 Å². The molecule has 0 saturated carbocycles. The van der Waals surface area contributed by atoms with E-state index in [0.717, 1.165) is 10.7 Å². The molecular weight excluding hydrogens is 278 g/mol. The average molecular weight is 295 g/mol. The van der Waals surface area contributed by atoms with Gasteiger partial charge in [-0.2, -0.15) is 0 Å². The van der Waals surface area contributed by atoms with Crippen LogP contribution in [0.1, 0.15) is 18.0 Å². The highest BCUT2D eigenvalue weighted by Gasteiger charge is 2.30. The number of ketones is 1. The number of nitrogens with zero attached hydrogens (tertiary/aromatic N) is 1. The monoisotopic (exact) mass is 295 g/mol. The van der Waals surface area contributed by atoms with Crippen LogP contribution in [-0.4, -0.2) is 12.0 Å². The van der Waals surface area contributed by atoms with Gasteiger partial charge in [0.2, 0.25) is 0 Å². The summed E-state index contributed by atoms with van der Waals surface area (Å²) in [7, 11) is 0. The zero-order valence-electron chi connectivity index (χ0n) is 11.9. The molecule has 0 spiro atoms. The number of carbonyl (C=O) groups excluding carboxylic acids is 1. The Morgan fingerprint density at radius 1 is 1.00 bits per heavy atom. The van der Waals surface area contributed by atoms with Crippen molar-refractivity contribution in [1.82, 2.24) is 0 Å². The van der Waals surface area contributed by atoms with Crippen molar-refractivity contribution in [2.45, 2.75) is 12.5 Å². The quantitative estimate of drug-likeness (QED) is 0.836. The summed E-state index contributed by atoms with van der Waals surface area (Å²) in [4.78, 5) is 14.3. The predicted molar refractivity (Wildman–Crippen MR) is 89.3 cm³/mol. The first-order valence-corrected chi connectivity index (χ1v) is 8.20. The van der Waals surface area contributed by atoms with Crippen LogP contribution in [0.4, 0.5) is 5.69 Å². The summed E-state index contributed by atoms with van der Waals surface area (Å²) in [5.74, 6) is 0.195. The number of rotatable bonds is 3. The molecule has 1 heterocycles. The number of carbonyl (C=O) groups is 1. The summed E-state index contributed by atoms with van der Waals surface area (Å²) in [6.45, 7) is 0. The zero-order chi connectivity index (χ0) is 14.7. The summed E-state index contributed by atoms with van der Waals surface area (Å²) in [6, 6.07) is 20.6. The Morgan fingerprint density at radius 2 is 1.62 bits per heavy atom. The fraction of sp³-hybridized carbons (Fsp3) is 0.167. The van der Waals surface area contributed by atoms with E-state index in [4.69, 9.17) is 0 Å². The summed E-state index contributed by atoms with van der Waals surface area (Å²) < 4.78 is 0. The maximum Gasteiger partial charge on any atom is 0.160 e. The van der Waals surface area contributed by atoms with Gasteiger partial charge in [0.1, 0.15) is 0 Å². The van der Waals surface area contributed by atoms with Gasteiger partial charge in [0, 0.05) is 18.2 Å². The highest BCUT2D eigenvalue weighted by molar-refractivity contribution is 8.02. The molecule has 0 amide bonds. The van der Waals surface area contributed by atoms with Crippen molar-refractivity contribution in [3.63, 3.8) is 0 Å². The van der Waals surface area contributed by atoms with E-state index in [1.165, 1.54) is 5.56 Å². The molecule has 1 atom stereocenters. The van der Waals surface area contributed by atoms with E-state index in [1.54, 1.807) is 17.8 Å². The first kappa shape index (κ1) is 14.0. The largest absolute Gasteiger partial charge is 0.328 e. The van der Waals surface area contributed by atoms with E-state index in [-0.39, 0.29) is 11.8 Å². The number of thioether (sulfide) groups is 1. The number of anilines is 1. The predicted octanol–water partition coefficient (Wildman–Crippen LogP) is 4.41. The number of allylic oxidation sites excluding steroid dienone is 1. The van der Waals surface area contributed by atoms with E-state index in [1.807, 2.05) is 42.7 Å². The molecule has 2 aromatic rings. The van der Waals surface area contributed by atoms with Gasteiger partial charge in [-0.1, -0.05) is 48.5 Å². The maximum atomic E-state index is 12.1. The van der Waals surface area contributed by atoms with E-state index in [2.05, 4.69) is 29.2 Å². The first-order chi connectivity index (χ1) is 10.3. The van der Waals surface area contributed by atoms with Gasteiger partial charge < -0.3 is 4.90 Å². The molecule has 3 rings (SSSR count). The second kappa shape index (κ2) is 6.19. The second-order valence-corrected chi connectivity index (χ2v) is 5.82. The fourth-order valence-corrected chi connectivity index (χ4v) is 3.38. The lowest BCUT2D eigenvalue weighted by atomic mass is 9.96. The second-order valence-electron chi connectivity index (χ2n) is 4.99. The van der Waals surface area contributed by atoms with Crippen molar-refractivity contribution < 1.29 is 4.79 Å². The molecule has 2 aromatic carbocycles. The van der Waals surface area contributed by atoms with Gasteiger partial charge in [-0.3, -0.25) is 4.79 Å². The van der Waals surface area contributed by atoms with E-state index in [9.17, 15) is 4.79 Å². The number of hydrogen-bond donors (Lipinski definition) is 0. The highest BCUT2D eigenvalue weighted by Crippen LogP contribution is 2.39. The Bertz CT molecular complexity index is 651. The molecule has 2 nitrogen and oxygen atoms in total. The van der Waals surface area contributed by atoms with Crippen molar-refractivity contribution >= 4 is 23.2 Å². The first-order valence-electron chi connectivity index (χ1n) is 6.97. The van der Waals surface area contributed by atoms with Gasteiger partial charge in [-0.15, -0.1) is 11.8 Å². The number of para-hydroxylation sites is 1. The molecule has 21 heavy (non-hydrogen) atoms. The van der Waals surface area contributed by atoms with E-state index in [0.29, 0.717) is 6.42 Å². The van der Waals surface area contributed by atoms with E-state index < -0.39 is 0 Å². The molecule has 1 aliphatic rings. The lowest BCUT2D eigenvalue weighted by molar-refractivity contribution is -0.115. The van der Waals surface area contributed by atoms with Crippen molar-refractivity contribution in [2.75, 3.05) is 11.2 Å². The van der Waals surface area contributed by atoms with Gasteiger partial charge in [-0.05, 0) is 24.0 Å². The Balaban J connectivity index is 2.08. The minimum atomic E-state index is 0.0635. The van der Waals surface area contributed by atoms with Crippen LogP contribution < -0.4 is 4.90 Å². The molecule has 1 aliphatic heterocycles. The van der Waals surface area contributed by atoms with Crippen LogP contribution in [0.2, 0.25) is 0 Å². The minimum absolute atomic E-state index is 0.0635. The summed E-state index contributed by atoms with van der Waals surface area (Å²) in [5.41, 5.74) is 2.30. The van der Waals surface area contributed by atoms with Crippen molar-refractivity contribution in [2.24, 2.45) is 0 Å². The van der Waals surface area contributed by atoms with Crippen LogP contribution in [-0.2, 0) is 4.79 Å². The van der Waals surface area contributed by atoms with Gasteiger partial charge in [0.05, 0.1) is 11.1 Å². The van der Waals surface area contributed by atoms with Gasteiger partial charge in [0.15, 0.2) is 5.78 Å². The zero-order valence-corrected chi connectivity index (χ0v) is 12.7. The van der Waals surface area contributed by atoms with Crippen LogP contribution in [0.15, 0.2) is 71.8 Å². The lowest BCUT2D eigenvalue weighted by Gasteiger charge is -2.37. The molecule has 0 saturated heterocycles. The third-order valence-corrected chi connectivity index (χ3v) is 4.39. The van der Waals surface area contributed by atoms with Crippen LogP contribution >= 0.6 is 11.8 Å². The van der Waals surface area contributed by atoms with E-state index >= 15 is 0 Å². The third-order valence-electron chi connectivity index (χ3n) is 3.66. The molecule has 106 valence electrons. The summed E-state index contributed by atoms with van der Waals surface area (Å²) in [6.07, 6.45) is 4.29. The molecule has 0 radical (unpaired) electrons. The molecule has 0 N–H and O–H groups in total. The Morgan fingerprint density at radius 3 is 2.24 bits per heavy atom.